The molecule has 7 heteroatoms. The van der Waals surface area contributed by atoms with Gasteiger partial charge in [-0.3, -0.25) is 4.79 Å². The fraction of sp³-hybridized carbons (Fsp3) is 0.233. The minimum absolute atomic E-state index is 0.129. The summed E-state index contributed by atoms with van der Waals surface area (Å²) in [5.74, 6) is -1.64. The van der Waals surface area contributed by atoms with Crippen molar-refractivity contribution in [2.24, 2.45) is 0 Å². The van der Waals surface area contributed by atoms with E-state index in [1.54, 1.807) is 12.4 Å². The first-order valence-corrected chi connectivity index (χ1v) is 12.4. The molecule has 0 fully saturated rings. The summed E-state index contributed by atoms with van der Waals surface area (Å²) in [6.45, 7) is 2.62. The monoisotopic (exact) mass is 495 g/mol. The fourth-order valence-electron chi connectivity index (χ4n) is 5.12. The molecule has 0 radical (unpaired) electrons. The molecule has 1 aliphatic rings. The lowest BCUT2D eigenvalue weighted by Gasteiger charge is -2.35. The Morgan fingerprint density at radius 1 is 1.00 bits per heavy atom. The molecular formula is C30H29N3O4. The molecule has 0 saturated carbocycles. The second-order valence-corrected chi connectivity index (χ2v) is 9.36. The molecule has 2 heterocycles. The van der Waals surface area contributed by atoms with E-state index in [9.17, 15) is 19.8 Å². The third-order valence-electron chi connectivity index (χ3n) is 7.07. The van der Waals surface area contributed by atoms with Crippen LogP contribution in [0.3, 0.4) is 0 Å². The van der Waals surface area contributed by atoms with Gasteiger partial charge in [0.2, 0.25) is 5.91 Å². The molecular weight excluding hydrogens is 466 g/mol. The average molecular weight is 496 g/mol. The van der Waals surface area contributed by atoms with Gasteiger partial charge in [0.1, 0.15) is 11.8 Å². The van der Waals surface area contributed by atoms with Crippen LogP contribution in [0, 0.1) is 0 Å². The molecule has 1 amide bonds. The van der Waals surface area contributed by atoms with Crippen LogP contribution in [0.15, 0.2) is 85.2 Å². The maximum atomic E-state index is 14.0. The summed E-state index contributed by atoms with van der Waals surface area (Å²) >= 11 is 0. The van der Waals surface area contributed by atoms with Crippen LogP contribution in [0.2, 0.25) is 0 Å². The van der Waals surface area contributed by atoms with Gasteiger partial charge in [0, 0.05) is 18.7 Å². The number of imidazole rings is 1. The number of benzene rings is 3. The molecule has 0 aliphatic carbocycles. The lowest BCUT2D eigenvalue weighted by Crippen LogP contribution is -2.50. The van der Waals surface area contributed by atoms with Gasteiger partial charge in [-0.2, -0.15) is 0 Å². The molecule has 1 atom stereocenters. The number of rotatable bonds is 7. The van der Waals surface area contributed by atoms with E-state index >= 15 is 0 Å². The quantitative estimate of drug-likeness (QED) is 0.397. The lowest BCUT2D eigenvalue weighted by molar-refractivity contribution is -0.151. The van der Waals surface area contributed by atoms with Crippen molar-refractivity contribution in [1.82, 2.24) is 14.5 Å². The van der Waals surface area contributed by atoms with Crippen LogP contribution < -0.4 is 0 Å². The highest BCUT2D eigenvalue weighted by molar-refractivity contribution is 5.91. The van der Waals surface area contributed by atoms with Crippen molar-refractivity contribution in [1.29, 1.82) is 0 Å². The normalized spacial score (nSPS) is 15.0. The van der Waals surface area contributed by atoms with E-state index < -0.39 is 17.9 Å². The highest BCUT2D eigenvalue weighted by Gasteiger charge is 2.40. The van der Waals surface area contributed by atoms with E-state index in [-0.39, 0.29) is 24.6 Å². The van der Waals surface area contributed by atoms with E-state index in [0.717, 1.165) is 27.9 Å². The molecule has 0 spiro atoms. The van der Waals surface area contributed by atoms with Gasteiger partial charge >= 0.3 is 5.97 Å². The van der Waals surface area contributed by atoms with Crippen LogP contribution in [-0.4, -0.2) is 42.6 Å². The first kappa shape index (κ1) is 24.3. The van der Waals surface area contributed by atoms with Crippen molar-refractivity contribution in [3.05, 3.63) is 119 Å². The van der Waals surface area contributed by atoms with Gasteiger partial charge in [-0.25, -0.2) is 9.78 Å². The van der Waals surface area contributed by atoms with E-state index in [1.165, 1.54) is 4.90 Å². The van der Waals surface area contributed by atoms with Crippen molar-refractivity contribution in [3.8, 4) is 5.75 Å². The van der Waals surface area contributed by atoms with Crippen LogP contribution in [0.5, 0.6) is 5.75 Å². The maximum absolute atomic E-state index is 14.0. The smallest absolute Gasteiger partial charge is 0.326 e. The SMILES string of the molecule is CCc1cc(Cn2cnc3c2CC(C(=O)O)N(C(=O)C(c2ccccc2)c2ccccc2)C3)ccc1O. The number of phenols is 1. The second kappa shape index (κ2) is 10.3. The predicted octanol–water partition coefficient (Wildman–Crippen LogP) is 4.37. The minimum Gasteiger partial charge on any atom is -0.508 e. The second-order valence-electron chi connectivity index (χ2n) is 9.36. The minimum atomic E-state index is -1.04. The lowest BCUT2D eigenvalue weighted by atomic mass is 9.88. The summed E-state index contributed by atoms with van der Waals surface area (Å²) in [5, 5.41) is 20.2. The van der Waals surface area contributed by atoms with Gasteiger partial charge in [-0.05, 0) is 34.7 Å². The van der Waals surface area contributed by atoms with Gasteiger partial charge in [-0.1, -0.05) is 79.7 Å². The van der Waals surface area contributed by atoms with Crippen LogP contribution in [0.4, 0.5) is 0 Å². The molecule has 2 N–H and O–H groups in total. The Labute approximate surface area is 215 Å². The molecule has 37 heavy (non-hydrogen) atoms. The summed E-state index contributed by atoms with van der Waals surface area (Å²) in [6, 6.07) is 23.4. The zero-order chi connectivity index (χ0) is 25.9. The number of phenolic OH excluding ortho intramolecular Hbond substituents is 1. The van der Waals surface area contributed by atoms with Gasteiger partial charge in [-0.15, -0.1) is 0 Å². The molecule has 1 aromatic heterocycles. The third kappa shape index (κ3) is 4.85. The number of aliphatic carboxylic acids is 1. The molecule has 3 aromatic carbocycles. The van der Waals surface area contributed by atoms with Crippen LogP contribution in [0.1, 0.15) is 46.5 Å². The molecule has 5 rings (SSSR count). The van der Waals surface area contributed by atoms with Crippen LogP contribution >= 0.6 is 0 Å². The summed E-state index contributed by atoms with van der Waals surface area (Å²) in [6.07, 6.45) is 2.59. The number of aryl methyl sites for hydroxylation is 1. The van der Waals surface area contributed by atoms with E-state index in [2.05, 4.69) is 4.98 Å². The van der Waals surface area contributed by atoms with Gasteiger partial charge in [0.05, 0.1) is 24.5 Å². The number of carbonyl (C=O) groups is 2. The molecule has 4 aromatic rings. The number of carboxylic acid groups (broad SMARTS) is 1. The zero-order valence-electron chi connectivity index (χ0n) is 20.6. The standard InChI is InChI=1S/C30H29N3O4/c1-2-21-15-20(13-14-27(21)34)17-32-19-31-24-18-33(26(30(36)37)16-25(24)32)29(35)28(22-9-5-3-6-10-22)23-11-7-4-8-12-23/h3-15,19,26,28,34H,2,16-18H2,1H3,(H,36,37). The zero-order valence-corrected chi connectivity index (χ0v) is 20.6. The van der Waals surface area contributed by atoms with E-state index in [0.29, 0.717) is 18.7 Å². The summed E-state index contributed by atoms with van der Waals surface area (Å²) < 4.78 is 1.95. The first-order chi connectivity index (χ1) is 18.0. The summed E-state index contributed by atoms with van der Waals surface area (Å²) in [4.78, 5) is 32.5. The fourth-order valence-corrected chi connectivity index (χ4v) is 5.12. The Hall–Kier alpha value is -4.39. The van der Waals surface area contributed by atoms with Crippen LogP contribution in [0.25, 0.3) is 0 Å². The number of aromatic nitrogens is 2. The maximum Gasteiger partial charge on any atom is 0.326 e. The van der Waals surface area contributed by atoms with Gasteiger partial charge < -0.3 is 19.7 Å². The number of amides is 1. The molecule has 1 unspecified atom stereocenters. The van der Waals surface area contributed by atoms with E-state index in [4.69, 9.17) is 0 Å². The number of aromatic hydroxyl groups is 1. The van der Waals surface area contributed by atoms with Crippen molar-refractivity contribution in [2.45, 2.75) is 44.8 Å². The Bertz CT molecular complexity index is 1380. The molecule has 0 saturated heterocycles. The Morgan fingerprint density at radius 2 is 1.65 bits per heavy atom. The van der Waals surface area contributed by atoms with Gasteiger partial charge in [0.25, 0.3) is 0 Å². The predicted molar refractivity (Wildman–Crippen MR) is 139 cm³/mol. The third-order valence-corrected chi connectivity index (χ3v) is 7.07. The number of fused-ring (bicyclic) bond motifs is 1. The molecule has 0 bridgehead atoms. The highest BCUT2D eigenvalue weighted by Crippen LogP contribution is 2.32. The first-order valence-electron chi connectivity index (χ1n) is 12.4. The molecule has 7 nitrogen and oxygen atoms in total. The number of nitrogens with zero attached hydrogens (tertiary/aromatic N) is 3. The van der Waals surface area contributed by atoms with Crippen molar-refractivity contribution < 1.29 is 19.8 Å². The number of hydrogen-bond donors (Lipinski definition) is 2. The van der Waals surface area contributed by atoms with E-state index in [1.807, 2.05) is 84.3 Å². The number of hydrogen-bond acceptors (Lipinski definition) is 4. The Balaban J connectivity index is 1.47. The number of carboxylic acids is 1. The largest absolute Gasteiger partial charge is 0.508 e. The summed E-state index contributed by atoms with van der Waals surface area (Å²) in [5.41, 5.74) is 5.02. The average Bonchev–Trinajstić information content (AvgIpc) is 3.31. The Morgan fingerprint density at radius 3 is 2.24 bits per heavy atom. The van der Waals surface area contributed by atoms with Crippen molar-refractivity contribution in [3.63, 3.8) is 0 Å². The topological polar surface area (TPSA) is 95.7 Å². The highest BCUT2D eigenvalue weighted by atomic mass is 16.4. The molecule has 1 aliphatic heterocycles. The van der Waals surface area contributed by atoms with Crippen molar-refractivity contribution >= 4 is 11.9 Å². The van der Waals surface area contributed by atoms with Crippen LogP contribution in [-0.2, 0) is 35.5 Å². The van der Waals surface area contributed by atoms with Crippen molar-refractivity contribution in [2.75, 3.05) is 0 Å². The summed E-state index contributed by atoms with van der Waals surface area (Å²) in [7, 11) is 0. The van der Waals surface area contributed by atoms with Gasteiger partial charge in [0.15, 0.2) is 0 Å². The Kier molecular flexibility index (Phi) is 6.77. The molecule has 188 valence electrons. The number of carbonyl (C=O) groups excluding carboxylic acids is 1.